The highest BCUT2D eigenvalue weighted by molar-refractivity contribution is 7.90. The number of hydrogen-bond donors (Lipinski definition) is 4. The monoisotopic (exact) mass is 241 g/mol. The zero-order valence-electron chi connectivity index (χ0n) is 8.21. The second-order valence-corrected chi connectivity index (χ2v) is 4.53. The van der Waals surface area contributed by atoms with E-state index in [2.05, 4.69) is 4.40 Å². The number of hydrogen-bond acceptors (Lipinski definition) is 3. The summed E-state index contributed by atoms with van der Waals surface area (Å²) < 4.78 is 26.1. The van der Waals surface area contributed by atoms with Crippen molar-refractivity contribution in [2.75, 3.05) is 0 Å². The van der Waals surface area contributed by atoms with Crippen LogP contribution >= 0.6 is 0 Å². The van der Waals surface area contributed by atoms with Gasteiger partial charge in [-0.15, -0.1) is 4.40 Å². The van der Waals surface area contributed by atoms with Crippen LogP contribution in [0.2, 0.25) is 0 Å². The standard InChI is InChI=1S/C8H11N5O2S/c9-7(10)5-1-3-6(4-2-5)16(14,15)13-8(11)12/h1-4H,(H3,9,10)(H4,11,12,13). The van der Waals surface area contributed by atoms with Gasteiger partial charge in [-0.05, 0) is 24.3 Å². The SMILES string of the molecule is N=C(N)c1ccc(S(=O)(=O)N=C(N)N)cc1. The van der Waals surface area contributed by atoms with Crippen LogP contribution in [-0.2, 0) is 10.0 Å². The summed E-state index contributed by atoms with van der Waals surface area (Å²) in [7, 11) is -3.88. The Morgan fingerprint density at radius 1 is 1.12 bits per heavy atom. The molecule has 0 unspecified atom stereocenters. The minimum atomic E-state index is -3.88. The van der Waals surface area contributed by atoms with Gasteiger partial charge in [-0.2, -0.15) is 8.42 Å². The van der Waals surface area contributed by atoms with Gasteiger partial charge in [-0.25, -0.2) is 0 Å². The van der Waals surface area contributed by atoms with Gasteiger partial charge < -0.3 is 17.2 Å². The van der Waals surface area contributed by atoms with E-state index < -0.39 is 16.0 Å². The normalized spacial score (nSPS) is 10.8. The van der Waals surface area contributed by atoms with Crippen LogP contribution in [0.5, 0.6) is 0 Å². The molecule has 0 spiro atoms. The summed E-state index contributed by atoms with van der Waals surface area (Å²) in [6.45, 7) is 0. The van der Waals surface area contributed by atoms with Crippen molar-refractivity contribution in [3.63, 3.8) is 0 Å². The Kier molecular flexibility index (Phi) is 3.14. The number of benzene rings is 1. The first-order valence-electron chi connectivity index (χ1n) is 4.13. The Balaban J connectivity index is 3.17. The van der Waals surface area contributed by atoms with Crippen LogP contribution in [0.25, 0.3) is 0 Å². The predicted octanol–water partition coefficient (Wildman–Crippen LogP) is -1.07. The van der Waals surface area contributed by atoms with E-state index in [9.17, 15) is 8.42 Å². The minimum Gasteiger partial charge on any atom is -0.384 e. The third kappa shape index (κ3) is 2.70. The Bertz CT molecular complexity index is 528. The molecule has 0 atom stereocenters. The molecule has 0 fully saturated rings. The minimum absolute atomic E-state index is 0.0640. The third-order valence-electron chi connectivity index (χ3n) is 1.69. The van der Waals surface area contributed by atoms with Crippen molar-refractivity contribution >= 4 is 21.8 Å². The summed E-state index contributed by atoms with van der Waals surface area (Å²) in [6, 6.07) is 5.35. The summed E-state index contributed by atoms with van der Waals surface area (Å²) in [5, 5.41) is 7.14. The van der Waals surface area contributed by atoms with Crippen molar-refractivity contribution in [3.8, 4) is 0 Å². The van der Waals surface area contributed by atoms with Gasteiger partial charge in [-0.1, -0.05) is 0 Å². The summed E-state index contributed by atoms with van der Waals surface area (Å²) in [6.07, 6.45) is 0. The van der Waals surface area contributed by atoms with Gasteiger partial charge in [0.25, 0.3) is 10.0 Å². The maximum absolute atomic E-state index is 11.5. The van der Waals surface area contributed by atoms with Crippen LogP contribution in [0.4, 0.5) is 0 Å². The average molecular weight is 241 g/mol. The third-order valence-corrected chi connectivity index (χ3v) is 3.01. The zero-order valence-corrected chi connectivity index (χ0v) is 9.03. The first-order chi connectivity index (χ1) is 7.33. The zero-order chi connectivity index (χ0) is 12.3. The number of sulfonamides is 1. The van der Waals surface area contributed by atoms with Crippen LogP contribution in [0.15, 0.2) is 33.6 Å². The van der Waals surface area contributed by atoms with Crippen molar-refractivity contribution in [2.24, 2.45) is 21.6 Å². The van der Waals surface area contributed by atoms with Crippen molar-refractivity contribution in [3.05, 3.63) is 29.8 Å². The van der Waals surface area contributed by atoms with E-state index >= 15 is 0 Å². The molecule has 86 valence electrons. The van der Waals surface area contributed by atoms with Gasteiger partial charge in [0, 0.05) is 5.56 Å². The highest BCUT2D eigenvalue weighted by atomic mass is 32.2. The van der Waals surface area contributed by atoms with E-state index in [1.807, 2.05) is 0 Å². The molecule has 1 aromatic rings. The number of amidine groups is 1. The van der Waals surface area contributed by atoms with E-state index in [0.29, 0.717) is 5.56 Å². The molecule has 7 nitrogen and oxygen atoms in total. The summed E-state index contributed by atoms with van der Waals surface area (Å²) >= 11 is 0. The molecule has 0 aliphatic carbocycles. The second-order valence-electron chi connectivity index (χ2n) is 2.93. The van der Waals surface area contributed by atoms with Gasteiger partial charge in [0.2, 0.25) is 5.96 Å². The van der Waals surface area contributed by atoms with Crippen LogP contribution < -0.4 is 17.2 Å². The predicted molar refractivity (Wildman–Crippen MR) is 60.5 cm³/mol. The van der Waals surface area contributed by atoms with Gasteiger partial charge in [0.15, 0.2) is 0 Å². The summed E-state index contributed by atoms with van der Waals surface area (Å²) in [4.78, 5) is -0.0640. The summed E-state index contributed by atoms with van der Waals surface area (Å²) in [5.74, 6) is -0.679. The van der Waals surface area contributed by atoms with Crippen LogP contribution in [0, 0.1) is 5.41 Å². The number of rotatable bonds is 3. The Morgan fingerprint density at radius 3 is 2.00 bits per heavy atom. The maximum atomic E-state index is 11.5. The van der Waals surface area contributed by atoms with Gasteiger partial charge >= 0.3 is 0 Å². The van der Waals surface area contributed by atoms with E-state index in [0.717, 1.165) is 0 Å². The number of nitrogens with two attached hydrogens (primary N) is 3. The summed E-state index contributed by atoms with van der Waals surface area (Å²) in [5.41, 5.74) is 15.6. The number of nitrogens with zero attached hydrogens (tertiary/aromatic N) is 1. The molecule has 8 heteroatoms. The number of nitrogen functional groups attached to an aromatic ring is 1. The fraction of sp³-hybridized carbons (Fsp3) is 0. The molecule has 1 aromatic carbocycles. The van der Waals surface area contributed by atoms with Crippen LogP contribution in [0.1, 0.15) is 5.56 Å². The average Bonchev–Trinajstić information content (AvgIpc) is 2.16. The molecular formula is C8H11N5O2S. The largest absolute Gasteiger partial charge is 0.384 e. The van der Waals surface area contributed by atoms with Crippen molar-refractivity contribution in [1.82, 2.24) is 0 Å². The van der Waals surface area contributed by atoms with Crippen molar-refractivity contribution in [1.29, 1.82) is 5.41 Å². The van der Waals surface area contributed by atoms with Gasteiger partial charge in [0.05, 0.1) is 4.90 Å². The highest BCUT2D eigenvalue weighted by Gasteiger charge is 2.12. The molecule has 16 heavy (non-hydrogen) atoms. The molecule has 0 amide bonds. The molecule has 0 heterocycles. The van der Waals surface area contributed by atoms with Crippen molar-refractivity contribution < 1.29 is 8.42 Å². The fourth-order valence-electron chi connectivity index (χ4n) is 0.998. The topological polar surface area (TPSA) is 148 Å². The fourth-order valence-corrected chi connectivity index (χ4v) is 1.86. The molecule has 1 rings (SSSR count). The number of guanidine groups is 1. The van der Waals surface area contributed by atoms with E-state index in [1.165, 1.54) is 24.3 Å². The lowest BCUT2D eigenvalue weighted by atomic mass is 10.2. The molecule has 7 N–H and O–H groups in total. The smallest absolute Gasteiger partial charge is 0.285 e. The lowest BCUT2D eigenvalue weighted by Gasteiger charge is -2.01. The lowest BCUT2D eigenvalue weighted by Crippen LogP contribution is -2.24. The molecule has 0 radical (unpaired) electrons. The molecule has 0 aliphatic heterocycles. The van der Waals surface area contributed by atoms with E-state index in [4.69, 9.17) is 22.6 Å². The first kappa shape index (κ1) is 12.0. The van der Waals surface area contributed by atoms with E-state index in [-0.39, 0.29) is 10.7 Å². The number of nitrogens with one attached hydrogen (secondary N) is 1. The first-order valence-corrected chi connectivity index (χ1v) is 5.57. The maximum Gasteiger partial charge on any atom is 0.285 e. The lowest BCUT2D eigenvalue weighted by molar-refractivity contribution is 0.598. The Labute approximate surface area is 92.5 Å². The Morgan fingerprint density at radius 2 is 1.62 bits per heavy atom. The van der Waals surface area contributed by atoms with E-state index in [1.54, 1.807) is 0 Å². The molecule has 0 bridgehead atoms. The molecule has 0 aromatic heterocycles. The highest BCUT2D eigenvalue weighted by Crippen LogP contribution is 2.12. The molecule has 0 saturated carbocycles. The molecular weight excluding hydrogens is 230 g/mol. The Hall–Kier alpha value is -2.09. The van der Waals surface area contributed by atoms with Crippen molar-refractivity contribution in [2.45, 2.75) is 4.90 Å². The van der Waals surface area contributed by atoms with Crippen LogP contribution in [-0.4, -0.2) is 20.2 Å². The van der Waals surface area contributed by atoms with Gasteiger partial charge in [0.1, 0.15) is 5.84 Å². The molecule has 0 saturated heterocycles. The second kappa shape index (κ2) is 4.19. The quantitative estimate of drug-likeness (QED) is 0.393. The molecule has 0 aliphatic rings. The van der Waals surface area contributed by atoms with Gasteiger partial charge in [-0.3, -0.25) is 5.41 Å². The van der Waals surface area contributed by atoms with Crippen LogP contribution in [0.3, 0.4) is 0 Å².